The van der Waals surface area contributed by atoms with E-state index in [1.165, 1.54) is 0 Å². The van der Waals surface area contributed by atoms with Crippen LogP contribution in [0.1, 0.15) is 38.1 Å². The molecule has 116 valence electrons. The second-order valence-corrected chi connectivity index (χ2v) is 6.25. The maximum atomic E-state index is 11.1. The lowest BCUT2D eigenvalue weighted by atomic mass is 9.92. The number of carbonyl (C=O) groups is 1. The van der Waals surface area contributed by atoms with E-state index in [9.17, 15) is 9.90 Å². The number of halogens is 1. The summed E-state index contributed by atoms with van der Waals surface area (Å²) < 4.78 is 0. The summed E-state index contributed by atoms with van der Waals surface area (Å²) in [5.74, 6) is -0.887. The van der Waals surface area contributed by atoms with Crippen LogP contribution in [0.4, 0.5) is 0 Å². The Balaban J connectivity index is 2.46. The first-order valence-corrected chi connectivity index (χ1v) is 7.29. The van der Waals surface area contributed by atoms with Crippen LogP contribution in [-0.4, -0.2) is 21.2 Å². The minimum atomic E-state index is -0.943. The highest BCUT2D eigenvalue weighted by molar-refractivity contribution is 6.35. The van der Waals surface area contributed by atoms with E-state index in [-0.39, 0.29) is 0 Å². The van der Waals surface area contributed by atoms with E-state index in [0.717, 1.165) is 10.9 Å². The molecule has 1 aromatic carbocycles. The Kier molecular flexibility index (Phi) is 4.54. The minimum absolute atomic E-state index is 0.504. The fourth-order valence-electron chi connectivity index (χ4n) is 1.92. The molecule has 0 saturated heterocycles. The molecule has 22 heavy (non-hydrogen) atoms. The van der Waals surface area contributed by atoms with Crippen molar-refractivity contribution in [2.24, 2.45) is 5.41 Å². The zero-order chi connectivity index (χ0) is 16.5. The van der Waals surface area contributed by atoms with Crippen LogP contribution in [0, 0.1) is 5.41 Å². The molecule has 1 heterocycles. The molecule has 0 spiro atoms. The van der Waals surface area contributed by atoms with Gasteiger partial charge in [-0.1, -0.05) is 35.9 Å². The van der Waals surface area contributed by atoms with Gasteiger partial charge in [0.15, 0.2) is 0 Å². The second kappa shape index (κ2) is 6.07. The summed E-state index contributed by atoms with van der Waals surface area (Å²) in [5, 5.41) is 20.1. The van der Waals surface area contributed by atoms with E-state index in [2.05, 4.69) is 4.98 Å². The van der Waals surface area contributed by atoms with Gasteiger partial charge in [-0.3, -0.25) is 4.79 Å². The molecule has 2 aromatic rings. The standard InChI is InChI=1S/C17H18ClNO3/c1-10(20)14-9-13(18)12-5-4-11(8-15(12)19-14)6-7-17(2,3)16(21)22/h4-10,20H,1-3H3,(H,21,22)/b7-6+/t10-/m1/s1. The van der Waals surface area contributed by atoms with Crippen molar-refractivity contribution >= 4 is 34.5 Å². The summed E-state index contributed by atoms with van der Waals surface area (Å²) in [6.45, 7) is 4.89. The van der Waals surface area contributed by atoms with Gasteiger partial charge in [-0.2, -0.15) is 0 Å². The molecule has 0 amide bonds. The molecule has 1 atom stereocenters. The second-order valence-electron chi connectivity index (χ2n) is 5.84. The zero-order valence-electron chi connectivity index (χ0n) is 12.7. The molecule has 0 aliphatic rings. The van der Waals surface area contributed by atoms with Crippen molar-refractivity contribution in [3.05, 3.63) is 46.6 Å². The predicted octanol–water partition coefficient (Wildman–Crippen LogP) is 4.07. The van der Waals surface area contributed by atoms with E-state index >= 15 is 0 Å². The normalized spacial score (nSPS) is 13.7. The van der Waals surface area contributed by atoms with Crippen molar-refractivity contribution in [3.63, 3.8) is 0 Å². The smallest absolute Gasteiger partial charge is 0.312 e. The lowest BCUT2D eigenvalue weighted by Crippen LogP contribution is -2.20. The van der Waals surface area contributed by atoms with Crippen LogP contribution in [0.5, 0.6) is 0 Å². The number of hydrogen-bond acceptors (Lipinski definition) is 3. The Labute approximate surface area is 134 Å². The summed E-state index contributed by atoms with van der Waals surface area (Å²) >= 11 is 6.20. The van der Waals surface area contributed by atoms with Crippen molar-refractivity contribution in [1.82, 2.24) is 4.98 Å². The molecule has 0 saturated carbocycles. The van der Waals surface area contributed by atoms with Crippen LogP contribution in [0.25, 0.3) is 17.0 Å². The summed E-state index contributed by atoms with van der Waals surface area (Å²) in [4.78, 5) is 15.5. The van der Waals surface area contributed by atoms with Crippen molar-refractivity contribution in [3.8, 4) is 0 Å². The number of rotatable bonds is 4. The highest BCUT2D eigenvalue weighted by atomic mass is 35.5. The number of aliphatic carboxylic acids is 1. The van der Waals surface area contributed by atoms with E-state index < -0.39 is 17.5 Å². The Hall–Kier alpha value is -1.91. The number of hydrogen-bond donors (Lipinski definition) is 2. The van der Waals surface area contributed by atoms with Gasteiger partial charge in [-0.15, -0.1) is 0 Å². The number of carboxylic acids is 1. The molecule has 0 radical (unpaired) electrons. The number of aliphatic hydroxyl groups is 1. The van der Waals surface area contributed by atoms with E-state index in [1.807, 2.05) is 18.2 Å². The van der Waals surface area contributed by atoms with E-state index in [0.29, 0.717) is 16.2 Å². The van der Waals surface area contributed by atoms with E-state index in [4.69, 9.17) is 16.7 Å². The van der Waals surface area contributed by atoms with Crippen LogP contribution in [0.3, 0.4) is 0 Å². The van der Waals surface area contributed by atoms with Gasteiger partial charge >= 0.3 is 5.97 Å². The Morgan fingerprint density at radius 3 is 2.64 bits per heavy atom. The molecule has 0 fully saturated rings. The fraction of sp³-hybridized carbons (Fsp3) is 0.294. The van der Waals surface area contributed by atoms with Crippen LogP contribution < -0.4 is 0 Å². The fourth-order valence-corrected chi connectivity index (χ4v) is 2.19. The summed E-state index contributed by atoms with van der Waals surface area (Å²) in [6, 6.07) is 7.16. The molecule has 0 aliphatic heterocycles. The number of carboxylic acid groups (broad SMARTS) is 1. The van der Waals surface area contributed by atoms with Crippen LogP contribution in [-0.2, 0) is 4.79 Å². The first-order valence-electron chi connectivity index (χ1n) is 6.91. The first-order chi connectivity index (χ1) is 10.2. The predicted molar refractivity (Wildman–Crippen MR) is 87.8 cm³/mol. The lowest BCUT2D eigenvalue weighted by Gasteiger charge is -2.13. The third-order valence-corrected chi connectivity index (χ3v) is 3.79. The molecule has 0 bridgehead atoms. The van der Waals surface area contributed by atoms with Crippen molar-refractivity contribution in [2.45, 2.75) is 26.9 Å². The number of pyridine rings is 1. The third-order valence-electron chi connectivity index (χ3n) is 3.47. The number of aliphatic hydroxyl groups excluding tert-OH is 1. The van der Waals surface area contributed by atoms with Gasteiger partial charge in [0.05, 0.1) is 27.8 Å². The number of aromatic nitrogens is 1. The number of nitrogens with zero attached hydrogens (tertiary/aromatic N) is 1. The van der Waals surface area contributed by atoms with Crippen molar-refractivity contribution < 1.29 is 15.0 Å². The van der Waals surface area contributed by atoms with Gasteiger partial charge in [0, 0.05) is 5.39 Å². The van der Waals surface area contributed by atoms with E-state index in [1.54, 1.807) is 39.0 Å². The summed E-state index contributed by atoms with van der Waals surface area (Å²) in [5.41, 5.74) is 1.05. The van der Waals surface area contributed by atoms with Gasteiger partial charge in [-0.25, -0.2) is 4.98 Å². The third kappa shape index (κ3) is 3.46. The average molecular weight is 320 g/mol. The molecule has 0 aliphatic carbocycles. The summed E-state index contributed by atoms with van der Waals surface area (Å²) in [6.07, 6.45) is 2.68. The highest BCUT2D eigenvalue weighted by Gasteiger charge is 2.23. The Morgan fingerprint density at radius 2 is 2.05 bits per heavy atom. The number of fused-ring (bicyclic) bond motifs is 1. The van der Waals surface area contributed by atoms with Crippen LogP contribution in [0.15, 0.2) is 30.3 Å². The van der Waals surface area contributed by atoms with Crippen molar-refractivity contribution in [1.29, 1.82) is 0 Å². The minimum Gasteiger partial charge on any atom is -0.481 e. The van der Waals surface area contributed by atoms with Crippen LogP contribution in [0.2, 0.25) is 5.02 Å². The maximum Gasteiger partial charge on any atom is 0.312 e. The van der Waals surface area contributed by atoms with Crippen LogP contribution >= 0.6 is 11.6 Å². The quantitative estimate of drug-likeness (QED) is 0.891. The average Bonchev–Trinajstić information content (AvgIpc) is 2.44. The molecule has 4 nitrogen and oxygen atoms in total. The molecular weight excluding hydrogens is 302 g/mol. The van der Waals surface area contributed by atoms with Gasteiger partial charge in [0.25, 0.3) is 0 Å². The van der Waals surface area contributed by atoms with Gasteiger partial charge in [0.2, 0.25) is 0 Å². The molecule has 2 rings (SSSR count). The van der Waals surface area contributed by atoms with Gasteiger partial charge in [-0.05, 0) is 38.5 Å². The molecular formula is C17H18ClNO3. The number of benzene rings is 1. The Morgan fingerprint density at radius 1 is 1.36 bits per heavy atom. The molecule has 0 unspecified atom stereocenters. The molecule has 2 N–H and O–H groups in total. The first kappa shape index (κ1) is 16.5. The monoisotopic (exact) mass is 319 g/mol. The highest BCUT2D eigenvalue weighted by Crippen LogP contribution is 2.27. The molecule has 5 heteroatoms. The van der Waals surface area contributed by atoms with Crippen molar-refractivity contribution in [2.75, 3.05) is 0 Å². The SMILES string of the molecule is C[C@@H](O)c1cc(Cl)c2ccc(/C=C/C(C)(C)C(=O)O)cc2n1. The van der Waals surface area contributed by atoms with Gasteiger partial charge in [0.1, 0.15) is 0 Å². The zero-order valence-corrected chi connectivity index (χ0v) is 13.4. The molecule has 1 aromatic heterocycles. The van der Waals surface area contributed by atoms with Gasteiger partial charge < -0.3 is 10.2 Å². The lowest BCUT2D eigenvalue weighted by molar-refractivity contribution is -0.144. The topological polar surface area (TPSA) is 70.4 Å². The summed E-state index contributed by atoms with van der Waals surface area (Å²) in [7, 11) is 0. The maximum absolute atomic E-state index is 11.1. The largest absolute Gasteiger partial charge is 0.481 e. The Bertz CT molecular complexity index is 751.